The van der Waals surface area contributed by atoms with E-state index >= 15 is 0 Å². The van der Waals surface area contributed by atoms with Gasteiger partial charge in [-0.3, -0.25) is 4.98 Å². The molecular formula is C16H19BrN2. The largest absolute Gasteiger partial charge is 0.306 e. The van der Waals surface area contributed by atoms with E-state index in [1.165, 1.54) is 16.7 Å². The Balaban J connectivity index is 2.06. The molecule has 0 aliphatic carbocycles. The van der Waals surface area contributed by atoms with Crippen LogP contribution in [0.15, 0.2) is 47.2 Å². The Morgan fingerprint density at radius 1 is 1.32 bits per heavy atom. The maximum atomic E-state index is 4.13. The summed E-state index contributed by atoms with van der Waals surface area (Å²) in [6.45, 7) is 5.18. The Kier molecular flexibility index (Phi) is 5.11. The molecule has 100 valence electrons. The number of halogens is 1. The molecule has 1 N–H and O–H groups in total. The predicted octanol–water partition coefficient (Wildman–Crippen LogP) is 4.39. The van der Waals surface area contributed by atoms with Crippen LogP contribution in [0.5, 0.6) is 0 Å². The fraction of sp³-hybridized carbons (Fsp3) is 0.312. The van der Waals surface area contributed by atoms with E-state index in [2.05, 4.69) is 70.4 Å². The third-order valence-electron chi connectivity index (χ3n) is 3.33. The number of aryl methyl sites for hydroxylation is 1. The zero-order chi connectivity index (χ0) is 13.7. The Morgan fingerprint density at radius 2 is 2.16 bits per heavy atom. The lowest BCUT2D eigenvalue weighted by atomic mass is 10.0. The molecule has 3 heteroatoms. The zero-order valence-corrected chi connectivity index (χ0v) is 12.9. The van der Waals surface area contributed by atoms with Crippen molar-refractivity contribution in [3.8, 4) is 0 Å². The molecular weight excluding hydrogens is 300 g/mol. The molecule has 0 radical (unpaired) electrons. The van der Waals surface area contributed by atoms with Gasteiger partial charge in [-0.05, 0) is 48.2 Å². The fourth-order valence-corrected chi connectivity index (χ4v) is 2.57. The fourth-order valence-electron chi connectivity index (χ4n) is 2.15. The number of hydrogen-bond acceptors (Lipinski definition) is 2. The monoisotopic (exact) mass is 318 g/mol. The molecule has 2 nitrogen and oxygen atoms in total. The standard InChI is InChI=1S/C16H19BrN2/c1-3-16(13-5-4-6-15(17)9-13)19-11-14-7-8-18-10-12(14)2/h4-10,16,19H,3,11H2,1-2H3. The number of nitrogens with zero attached hydrogens (tertiary/aromatic N) is 1. The van der Waals surface area contributed by atoms with E-state index in [0.29, 0.717) is 6.04 Å². The van der Waals surface area contributed by atoms with Crippen LogP contribution in [0, 0.1) is 6.92 Å². The van der Waals surface area contributed by atoms with Gasteiger partial charge in [-0.25, -0.2) is 0 Å². The summed E-state index contributed by atoms with van der Waals surface area (Å²) < 4.78 is 1.13. The van der Waals surface area contributed by atoms with Gasteiger partial charge in [-0.2, -0.15) is 0 Å². The highest BCUT2D eigenvalue weighted by molar-refractivity contribution is 9.10. The molecule has 2 rings (SSSR count). The van der Waals surface area contributed by atoms with E-state index in [1.54, 1.807) is 0 Å². The minimum absolute atomic E-state index is 0.380. The highest BCUT2D eigenvalue weighted by Gasteiger charge is 2.09. The van der Waals surface area contributed by atoms with Gasteiger partial charge >= 0.3 is 0 Å². The second kappa shape index (κ2) is 6.83. The normalized spacial score (nSPS) is 12.4. The van der Waals surface area contributed by atoms with Crippen LogP contribution < -0.4 is 5.32 Å². The first-order valence-electron chi connectivity index (χ1n) is 6.59. The molecule has 0 aliphatic rings. The van der Waals surface area contributed by atoms with E-state index in [0.717, 1.165) is 17.4 Å². The first-order chi connectivity index (χ1) is 9.20. The SMILES string of the molecule is CCC(NCc1ccncc1C)c1cccc(Br)c1. The summed E-state index contributed by atoms with van der Waals surface area (Å²) in [6, 6.07) is 11.0. The van der Waals surface area contributed by atoms with Crippen molar-refractivity contribution < 1.29 is 0 Å². The average molecular weight is 319 g/mol. The van der Waals surface area contributed by atoms with Crippen LogP contribution in [-0.2, 0) is 6.54 Å². The Hall–Kier alpha value is -1.19. The van der Waals surface area contributed by atoms with Crippen molar-refractivity contribution in [2.45, 2.75) is 32.9 Å². The van der Waals surface area contributed by atoms with Gasteiger partial charge in [0.2, 0.25) is 0 Å². The van der Waals surface area contributed by atoms with Crippen molar-refractivity contribution >= 4 is 15.9 Å². The van der Waals surface area contributed by atoms with Gasteiger partial charge in [0.25, 0.3) is 0 Å². The molecule has 1 aromatic heterocycles. The van der Waals surface area contributed by atoms with Crippen molar-refractivity contribution in [3.63, 3.8) is 0 Å². The van der Waals surface area contributed by atoms with Gasteiger partial charge < -0.3 is 5.32 Å². The summed E-state index contributed by atoms with van der Waals surface area (Å²) in [5.74, 6) is 0. The van der Waals surface area contributed by atoms with Crippen molar-refractivity contribution in [3.05, 3.63) is 63.9 Å². The molecule has 1 unspecified atom stereocenters. The molecule has 2 aromatic rings. The highest BCUT2D eigenvalue weighted by atomic mass is 79.9. The third kappa shape index (κ3) is 3.88. The maximum Gasteiger partial charge on any atom is 0.0321 e. The number of benzene rings is 1. The molecule has 19 heavy (non-hydrogen) atoms. The molecule has 0 saturated heterocycles. The predicted molar refractivity (Wildman–Crippen MR) is 83.0 cm³/mol. The van der Waals surface area contributed by atoms with E-state index in [4.69, 9.17) is 0 Å². The lowest BCUT2D eigenvalue weighted by Gasteiger charge is -2.18. The van der Waals surface area contributed by atoms with Crippen LogP contribution >= 0.6 is 15.9 Å². The van der Waals surface area contributed by atoms with Crippen LogP contribution in [0.4, 0.5) is 0 Å². The number of aromatic nitrogens is 1. The van der Waals surface area contributed by atoms with Crippen molar-refractivity contribution in [1.29, 1.82) is 0 Å². The molecule has 0 fully saturated rings. The van der Waals surface area contributed by atoms with E-state index in [1.807, 2.05) is 12.4 Å². The summed E-state index contributed by atoms with van der Waals surface area (Å²) in [5.41, 5.74) is 3.87. The topological polar surface area (TPSA) is 24.9 Å². The van der Waals surface area contributed by atoms with Gasteiger partial charge in [0.15, 0.2) is 0 Å². The molecule has 0 spiro atoms. The summed E-state index contributed by atoms with van der Waals surface area (Å²) in [4.78, 5) is 4.13. The average Bonchev–Trinajstić information content (AvgIpc) is 2.41. The molecule has 1 atom stereocenters. The smallest absolute Gasteiger partial charge is 0.0321 e. The summed E-state index contributed by atoms with van der Waals surface area (Å²) in [5, 5.41) is 3.62. The first kappa shape index (κ1) is 14.2. The van der Waals surface area contributed by atoms with Crippen molar-refractivity contribution in [2.75, 3.05) is 0 Å². The molecule has 0 saturated carbocycles. The van der Waals surface area contributed by atoms with Crippen LogP contribution in [-0.4, -0.2) is 4.98 Å². The Morgan fingerprint density at radius 3 is 2.84 bits per heavy atom. The van der Waals surface area contributed by atoms with Gasteiger partial charge in [0.05, 0.1) is 0 Å². The molecule has 0 bridgehead atoms. The van der Waals surface area contributed by atoms with Gasteiger partial charge in [0, 0.05) is 29.5 Å². The quantitative estimate of drug-likeness (QED) is 0.884. The minimum Gasteiger partial charge on any atom is -0.306 e. The van der Waals surface area contributed by atoms with Gasteiger partial charge in [0.1, 0.15) is 0 Å². The van der Waals surface area contributed by atoms with Crippen LogP contribution in [0.2, 0.25) is 0 Å². The summed E-state index contributed by atoms with van der Waals surface area (Å²) in [7, 11) is 0. The number of hydrogen-bond donors (Lipinski definition) is 1. The molecule has 1 aromatic carbocycles. The molecule has 1 heterocycles. The second-order valence-corrected chi connectivity index (χ2v) is 5.61. The first-order valence-corrected chi connectivity index (χ1v) is 7.38. The molecule has 0 amide bonds. The number of rotatable bonds is 5. The van der Waals surface area contributed by atoms with Crippen LogP contribution in [0.25, 0.3) is 0 Å². The second-order valence-electron chi connectivity index (χ2n) is 4.70. The lowest BCUT2D eigenvalue weighted by Crippen LogP contribution is -2.20. The van der Waals surface area contributed by atoms with Crippen LogP contribution in [0.3, 0.4) is 0 Å². The van der Waals surface area contributed by atoms with Crippen molar-refractivity contribution in [2.24, 2.45) is 0 Å². The summed E-state index contributed by atoms with van der Waals surface area (Å²) in [6.07, 6.45) is 4.84. The Bertz CT molecular complexity index is 540. The highest BCUT2D eigenvalue weighted by Crippen LogP contribution is 2.21. The maximum absolute atomic E-state index is 4.13. The summed E-state index contributed by atoms with van der Waals surface area (Å²) >= 11 is 3.53. The van der Waals surface area contributed by atoms with Gasteiger partial charge in [-0.15, -0.1) is 0 Å². The van der Waals surface area contributed by atoms with Gasteiger partial charge in [-0.1, -0.05) is 35.0 Å². The minimum atomic E-state index is 0.380. The lowest BCUT2D eigenvalue weighted by molar-refractivity contribution is 0.518. The van der Waals surface area contributed by atoms with E-state index in [-0.39, 0.29) is 0 Å². The number of nitrogens with one attached hydrogen (secondary N) is 1. The van der Waals surface area contributed by atoms with E-state index < -0.39 is 0 Å². The van der Waals surface area contributed by atoms with Crippen molar-refractivity contribution in [1.82, 2.24) is 10.3 Å². The third-order valence-corrected chi connectivity index (χ3v) is 3.83. The Labute approximate surface area is 123 Å². The zero-order valence-electron chi connectivity index (χ0n) is 11.4. The van der Waals surface area contributed by atoms with E-state index in [9.17, 15) is 0 Å². The van der Waals surface area contributed by atoms with Crippen LogP contribution in [0.1, 0.15) is 36.1 Å². The molecule has 0 aliphatic heterocycles. The number of pyridine rings is 1.